The number of ketones is 1. The zero-order valence-corrected chi connectivity index (χ0v) is 12.9. The third-order valence-corrected chi connectivity index (χ3v) is 3.63. The molecule has 0 aliphatic carbocycles. The van der Waals surface area contributed by atoms with Gasteiger partial charge in [0.15, 0.2) is 5.78 Å². The maximum atomic E-state index is 11.4. The number of Topliss-reactive ketones (excluding diaryl/α,β-unsaturated/α-hetero) is 1. The second-order valence-electron chi connectivity index (χ2n) is 4.69. The van der Waals surface area contributed by atoms with Crippen LogP contribution >= 0.6 is 15.9 Å². The van der Waals surface area contributed by atoms with E-state index >= 15 is 0 Å². The SMILES string of the molecule is CC(=O)c1ccnc(Oc2ccc3cc(Br)ccc3c2)c1. The van der Waals surface area contributed by atoms with E-state index in [4.69, 9.17) is 4.74 Å². The average Bonchev–Trinajstić information content (AvgIpc) is 2.48. The number of halogens is 1. The zero-order valence-electron chi connectivity index (χ0n) is 11.3. The standard InChI is InChI=1S/C17H12BrNO2/c1-11(20)12-6-7-19-17(10-12)21-16-5-3-13-8-15(18)4-2-14(13)9-16/h2-10H,1H3. The smallest absolute Gasteiger partial charge is 0.219 e. The highest BCUT2D eigenvalue weighted by atomic mass is 79.9. The third-order valence-electron chi connectivity index (χ3n) is 3.14. The number of carbonyl (C=O) groups is 1. The Morgan fingerprint density at radius 2 is 1.81 bits per heavy atom. The van der Waals surface area contributed by atoms with Gasteiger partial charge < -0.3 is 4.74 Å². The molecule has 0 aliphatic heterocycles. The maximum absolute atomic E-state index is 11.4. The minimum atomic E-state index is -0.00869. The van der Waals surface area contributed by atoms with Crippen molar-refractivity contribution in [2.45, 2.75) is 6.92 Å². The Labute approximate surface area is 130 Å². The lowest BCUT2D eigenvalue weighted by atomic mass is 10.1. The second-order valence-corrected chi connectivity index (χ2v) is 5.61. The van der Waals surface area contributed by atoms with E-state index in [0.717, 1.165) is 15.2 Å². The van der Waals surface area contributed by atoms with Gasteiger partial charge in [-0.2, -0.15) is 0 Å². The predicted molar refractivity (Wildman–Crippen MR) is 86.0 cm³/mol. The van der Waals surface area contributed by atoms with Crippen molar-refractivity contribution in [2.75, 3.05) is 0 Å². The Morgan fingerprint density at radius 3 is 2.62 bits per heavy atom. The van der Waals surface area contributed by atoms with Gasteiger partial charge in [-0.25, -0.2) is 4.98 Å². The van der Waals surface area contributed by atoms with E-state index in [9.17, 15) is 4.79 Å². The lowest BCUT2D eigenvalue weighted by Gasteiger charge is -2.07. The molecule has 2 aromatic carbocycles. The molecule has 1 aromatic heterocycles. The first-order chi connectivity index (χ1) is 10.1. The molecule has 3 nitrogen and oxygen atoms in total. The molecule has 3 aromatic rings. The van der Waals surface area contributed by atoms with Crippen molar-refractivity contribution in [1.82, 2.24) is 4.98 Å². The van der Waals surface area contributed by atoms with Crippen LogP contribution in [0.3, 0.4) is 0 Å². The molecule has 1 heterocycles. The summed E-state index contributed by atoms with van der Waals surface area (Å²) in [5.74, 6) is 1.10. The van der Waals surface area contributed by atoms with Crippen LogP contribution in [-0.4, -0.2) is 10.8 Å². The first kappa shape index (κ1) is 13.8. The summed E-state index contributed by atoms with van der Waals surface area (Å²) in [5.41, 5.74) is 0.588. The van der Waals surface area contributed by atoms with Crippen molar-refractivity contribution < 1.29 is 9.53 Å². The molecule has 21 heavy (non-hydrogen) atoms. The van der Waals surface area contributed by atoms with Crippen molar-refractivity contribution in [3.8, 4) is 11.6 Å². The number of aromatic nitrogens is 1. The van der Waals surface area contributed by atoms with E-state index in [1.807, 2.05) is 36.4 Å². The fraction of sp³-hybridized carbons (Fsp3) is 0.0588. The molecule has 3 rings (SSSR count). The molecular formula is C17H12BrNO2. The summed E-state index contributed by atoms with van der Waals surface area (Å²) in [6.45, 7) is 1.52. The van der Waals surface area contributed by atoms with Crippen LogP contribution < -0.4 is 4.74 Å². The van der Waals surface area contributed by atoms with Crippen LogP contribution in [0.1, 0.15) is 17.3 Å². The van der Waals surface area contributed by atoms with Gasteiger partial charge in [-0.15, -0.1) is 0 Å². The zero-order chi connectivity index (χ0) is 14.8. The number of hydrogen-bond acceptors (Lipinski definition) is 3. The Kier molecular flexibility index (Phi) is 3.71. The lowest BCUT2D eigenvalue weighted by Crippen LogP contribution is -1.94. The van der Waals surface area contributed by atoms with Gasteiger partial charge in [0.2, 0.25) is 5.88 Å². The molecule has 0 radical (unpaired) electrons. The van der Waals surface area contributed by atoms with E-state index in [2.05, 4.69) is 20.9 Å². The average molecular weight is 342 g/mol. The number of ether oxygens (including phenoxy) is 1. The number of rotatable bonds is 3. The van der Waals surface area contributed by atoms with Crippen molar-refractivity contribution in [3.05, 3.63) is 64.8 Å². The van der Waals surface area contributed by atoms with E-state index in [0.29, 0.717) is 17.2 Å². The van der Waals surface area contributed by atoms with E-state index in [1.54, 1.807) is 18.3 Å². The number of pyridine rings is 1. The molecule has 0 amide bonds. The highest BCUT2D eigenvalue weighted by molar-refractivity contribution is 9.10. The molecule has 0 spiro atoms. The number of carbonyl (C=O) groups excluding carboxylic acids is 1. The summed E-state index contributed by atoms with van der Waals surface area (Å²) < 4.78 is 6.77. The summed E-state index contributed by atoms with van der Waals surface area (Å²) in [5, 5.41) is 2.21. The third kappa shape index (κ3) is 3.11. The van der Waals surface area contributed by atoms with Crippen LogP contribution in [0.25, 0.3) is 10.8 Å². The van der Waals surface area contributed by atoms with Gasteiger partial charge in [-0.05, 0) is 48.0 Å². The van der Waals surface area contributed by atoms with Gasteiger partial charge in [0.1, 0.15) is 5.75 Å². The first-order valence-corrected chi connectivity index (χ1v) is 7.25. The summed E-state index contributed by atoms with van der Waals surface area (Å²) in [7, 11) is 0. The van der Waals surface area contributed by atoms with Crippen molar-refractivity contribution in [1.29, 1.82) is 0 Å². The minimum Gasteiger partial charge on any atom is -0.439 e. The largest absolute Gasteiger partial charge is 0.439 e. The fourth-order valence-electron chi connectivity index (χ4n) is 2.06. The molecule has 0 saturated heterocycles. The van der Waals surface area contributed by atoms with Crippen molar-refractivity contribution in [2.24, 2.45) is 0 Å². The molecule has 0 saturated carbocycles. The number of fused-ring (bicyclic) bond motifs is 1. The van der Waals surface area contributed by atoms with Crippen LogP contribution in [0.2, 0.25) is 0 Å². The van der Waals surface area contributed by atoms with Crippen LogP contribution in [-0.2, 0) is 0 Å². The first-order valence-electron chi connectivity index (χ1n) is 6.46. The molecule has 104 valence electrons. The maximum Gasteiger partial charge on any atom is 0.219 e. The summed E-state index contributed by atoms with van der Waals surface area (Å²) in [6, 6.07) is 15.2. The van der Waals surface area contributed by atoms with Crippen LogP contribution in [0, 0.1) is 0 Å². The molecular weight excluding hydrogens is 330 g/mol. The van der Waals surface area contributed by atoms with Crippen molar-refractivity contribution in [3.63, 3.8) is 0 Å². The van der Waals surface area contributed by atoms with Gasteiger partial charge in [0, 0.05) is 22.3 Å². The number of benzene rings is 2. The summed E-state index contributed by atoms with van der Waals surface area (Å²) in [6.07, 6.45) is 1.57. The summed E-state index contributed by atoms with van der Waals surface area (Å²) in [4.78, 5) is 15.5. The fourth-order valence-corrected chi connectivity index (χ4v) is 2.44. The lowest BCUT2D eigenvalue weighted by molar-refractivity contribution is 0.101. The highest BCUT2D eigenvalue weighted by Gasteiger charge is 2.04. The summed E-state index contributed by atoms with van der Waals surface area (Å²) >= 11 is 3.45. The van der Waals surface area contributed by atoms with Gasteiger partial charge in [-0.3, -0.25) is 4.79 Å². The molecule has 4 heteroatoms. The van der Waals surface area contributed by atoms with Crippen LogP contribution in [0.5, 0.6) is 11.6 Å². The minimum absolute atomic E-state index is 0.00869. The van der Waals surface area contributed by atoms with Crippen molar-refractivity contribution >= 4 is 32.5 Å². The van der Waals surface area contributed by atoms with Crippen LogP contribution in [0.15, 0.2) is 59.2 Å². The number of hydrogen-bond donors (Lipinski definition) is 0. The Bertz CT molecular complexity index is 830. The van der Waals surface area contributed by atoms with E-state index in [1.165, 1.54) is 6.92 Å². The molecule has 0 atom stereocenters. The molecule has 0 unspecified atom stereocenters. The quantitative estimate of drug-likeness (QED) is 0.630. The van der Waals surface area contributed by atoms with Gasteiger partial charge >= 0.3 is 0 Å². The molecule has 0 bridgehead atoms. The molecule has 0 N–H and O–H groups in total. The van der Waals surface area contributed by atoms with E-state index < -0.39 is 0 Å². The van der Waals surface area contributed by atoms with Gasteiger partial charge in [0.25, 0.3) is 0 Å². The molecule has 0 aliphatic rings. The normalized spacial score (nSPS) is 10.6. The predicted octanol–water partition coefficient (Wildman–Crippen LogP) is 4.99. The Morgan fingerprint density at radius 1 is 1.05 bits per heavy atom. The topological polar surface area (TPSA) is 39.2 Å². The number of nitrogens with zero attached hydrogens (tertiary/aromatic N) is 1. The Hall–Kier alpha value is -2.20. The Balaban J connectivity index is 1.92. The van der Waals surface area contributed by atoms with Gasteiger partial charge in [-0.1, -0.05) is 28.1 Å². The van der Waals surface area contributed by atoms with Crippen LogP contribution in [0.4, 0.5) is 0 Å². The monoisotopic (exact) mass is 341 g/mol. The second kappa shape index (κ2) is 5.66. The highest BCUT2D eigenvalue weighted by Crippen LogP contribution is 2.27. The molecule has 0 fully saturated rings. The van der Waals surface area contributed by atoms with E-state index in [-0.39, 0.29) is 5.78 Å². The van der Waals surface area contributed by atoms with Gasteiger partial charge in [0.05, 0.1) is 0 Å².